The molecule has 2 aromatic rings. The fraction of sp³-hybridized carbons (Fsp3) is 0.0769. The molecule has 2 rings (SSSR count). The summed E-state index contributed by atoms with van der Waals surface area (Å²) in [6, 6.07) is 8.41. The molecule has 92 valence electrons. The van der Waals surface area contributed by atoms with E-state index in [4.69, 9.17) is 17.3 Å². The maximum atomic E-state index is 11.9. The molecular formula is C13H12ClN3O. The number of aromatic nitrogens is 1. The summed E-state index contributed by atoms with van der Waals surface area (Å²) < 4.78 is 0. The van der Waals surface area contributed by atoms with Crippen LogP contribution in [0.25, 0.3) is 0 Å². The van der Waals surface area contributed by atoms with E-state index in [1.807, 2.05) is 6.92 Å². The Balaban J connectivity index is 2.21. The topological polar surface area (TPSA) is 68.0 Å². The maximum Gasteiger partial charge on any atom is 0.274 e. The predicted molar refractivity (Wildman–Crippen MR) is 72.8 cm³/mol. The Labute approximate surface area is 110 Å². The van der Waals surface area contributed by atoms with E-state index in [2.05, 4.69) is 10.3 Å². The van der Waals surface area contributed by atoms with Crippen molar-refractivity contribution in [1.29, 1.82) is 0 Å². The largest absolute Gasteiger partial charge is 0.399 e. The predicted octanol–water partition coefficient (Wildman–Crippen LogP) is 2.88. The van der Waals surface area contributed by atoms with Gasteiger partial charge in [-0.1, -0.05) is 11.6 Å². The number of anilines is 2. The van der Waals surface area contributed by atoms with E-state index in [1.54, 1.807) is 24.3 Å². The molecule has 0 aliphatic rings. The molecular weight excluding hydrogens is 250 g/mol. The number of nitrogens with zero attached hydrogens (tertiary/aromatic N) is 1. The lowest BCUT2D eigenvalue weighted by Crippen LogP contribution is -2.14. The first kappa shape index (κ1) is 12.4. The van der Waals surface area contributed by atoms with Crippen LogP contribution in [0.1, 0.15) is 16.1 Å². The van der Waals surface area contributed by atoms with Gasteiger partial charge in [0.05, 0.1) is 0 Å². The number of carbonyl (C=O) groups is 1. The van der Waals surface area contributed by atoms with Crippen LogP contribution in [0.3, 0.4) is 0 Å². The van der Waals surface area contributed by atoms with Gasteiger partial charge in [0, 0.05) is 22.6 Å². The molecule has 0 saturated heterocycles. The van der Waals surface area contributed by atoms with E-state index in [0.29, 0.717) is 16.4 Å². The van der Waals surface area contributed by atoms with Gasteiger partial charge >= 0.3 is 0 Å². The zero-order valence-electron chi connectivity index (χ0n) is 9.77. The Morgan fingerprint density at radius 3 is 2.78 bits per heavy atom. The number of nitrogens with two attached hydrogens (primary N) is 1. The van der Waals surface area contributed by atoms with Crippen molar-refractivity contribution >= 4 is 28.9 Å². The minimum Gasteiger partial charge on any atom is -0.399 e. The highest BCUT2D eigenvalue weighted by Crippen LogP contribution is 2.20. The third-order valence-electron chi connectivity index (χ3n) is 2.45. The average Bonchev–Trinajstić information content (AvgIpc) is 2.32. The van der Waals surface area contributed by atoms with Gasteiger partial charge in [-0.2, -0.15) is 0 Å². The van der Waals surface area contributed by atoms with Crippen molar-refractivity contribution < 1.29 is 4.79 Å². The van der Waals surface area contributed by atoms with Crippen LogP contribution in [0.4, 0.5) is 11.4 Å². The van der Waals surface area contributed by atoms with E-state index in [-0.39, 0.29) is 11.6 Å². The van der Waals surface area contributed by atoms with Gasteiger partial charge in [0.15, 0.2) is 0 Å². The van der Waals surface area contributed by atoms with Crippen LogP contribution in [0, 0.1) is 6.92 Å². The summed E-state index contributed by atoms with van der Waals surface area (Å²) >= 11 is 5.85. The van der Waals surface area contributed by atoms with Gasteiger partial charge in [-0.3, -0.25) is 9.78 Å². The molecule has 0 spiro atoms. The normalized spacial score (nSPS) is 10.1. The molecule has 0 saturated carbocycles. The second kappa shape index (κ2) is 5.06. The Morgan fingerprint density at radius 2 is 2.11 bits per heavy atom. The molecule has 1 heterocycles. The molecule has 0 aliphatic carbocycles. The monoisotopic (exact) mass is 261 g/mol. The molecule has 0 bridgehead atoms. The van der Waals surface area contributed by atoms with Crippen LogP contribution in [-0.4, -0.2) is 10.9 Å². The number of nitrogen functional groups attached to an aromatic ring is 1. The SMILES string of the molecule is Cc1cc(Cl)ccc1NC(=O)c1cc(N)ccn1. The number of hydrogen-bond acceptors (Lipinski definition) is 3. The van der Waals surface area contributed by atoms with Gasteiger partial charge in [0.25, 0.3) is 5.91 Å². The third-order valence-corrected chi connectivity index (χ3v) is 2.69. The van der Waals surface area contributed by atoms with Gasteiger partial charge in [-0.05, 0) is 42.8 Å². The molecule has 0 radical (unpaired) electrons. The van der Waals surface area contributed by atoms with Crippen molar-refractivity contribution in [3.05, 3.63) is 52.8 Å². The van der Waals surface area contributed by atoms with Crippen molar-refractivity contribution in [3.8, 4) is 0 Å². The minimum atomic E-state index is -0.298. The first-order chi connectivity index (χ1) is 8.56. The summed E-state index contributed by atoms with van der Waals surface area (Å²) in [5, 5.41) is 3.40. The molecule has 4 nitrogen and oxygen atoms in total. The molecule has 1 aromatic carbocycles. The zero-order valence-corrected chi connectivity index (χ0v) is 10.5. The lowest BCUT2D eigenvalue weighted by molar-refractivity contribution is 0.102. The van der Waals surface area contributed by atoms with Crippen LogP contribution in [0.5, 0.6) is 0 Å². The number of carbonyl (C=O) groups excluding carboxylic acids is 1. The number of amides is 1. The van der Waals surface area contributed by atoms with Gasteiger partial charge in [0.2, 0.25) is 0 Å². The van der Waals surface area contributed by atoms with Crippen molar-refractivity contribution in [1.82, 2.24) is 4.98 Å². The van der Waals surface area contributed by atoms with Crippen LogP contribution in [0.2, 0.25) is 5.02 Å². The summed E-state index contributed by atoms with van der Waals surface area (Å²) in [7, 11) is 0. The quantitative estimate of drug-likeness (QED) is 0.873. The number of aryl methyl sites for hydroxylation is 1. The van der Waals surface area contributed by atoms with Crippen molar-refractivity contribution in [2.24, 2.45) is 0 Å². The number of rotatable bonds is 2. The fourth-order valence-electron chi connectivity index (χ4n) is 1.52. The van der Waals surface area contributed by atoms with E-state index >= 15 is 0 Å². The molecule has 0 aliphatic heterocycles. The average molecular weight is 262 g/mol. The summed E-state index contributed by atoms with van der Waals surface area (Å²) in [6.45, 7) is 1.87. The molecule has 3 N–H and O–H groups in total. The van der Waals surface area contributed by atoms with Crippen molar-refractivity contribution in [2.75, 3.05) is 11.1 Å². The zero-order chi connectivity index (χ0) is 13.1. The van der Waals surface area contributed by atoms with E-state index in [1.165, 1.54) is 12.3 Å². The van der Waals surface area contributed by atoms with Crippen molar-refractivity contribution in [2.45, 2.75) is 6.92 Å². The minimum absolute atomic E-state index is 0.282. The van der Waals surface area contributed by atoms with Gasteiger partial charge in [-0.15, -0.1) is 0 Å². The molecule has 5 heteroatoms. The van der Waals surface area contributed by atoms with E-state index in [0.717, 1.165) is 5.56 Å². The highest BCUT2D eigenvalue weighted by atomic mass is 35.5. The Morgan fingerprint density at radius 1 is 1.33 bits per heavy atom. The molecule has 0 fully saturated rings. The van der Waals surface area contributed by atoms with Gasteiger partial charge < -0.3 is 11.1 Å². The summed E-state index contributed by atoms with van der Waals surface area (Å²) in [5.74, 6) is -0.298. The van der Waals surface area contributed by atoms with Crippen LogP contribution in [-0.2, 0) is 0 Å². The number of hydrogen-bond donors (Lipinski definition) is 2. The highest BCUT2D eigenvalue weighted by molar-refractivity contribution is 6.30. The number of benzene rings is 1. The second-order valence-electron chi connectivity index (χ2n) is 3.89. The number of pyridine rings is 1. The van der Waals surface area contributed by atoms with E-state index < -0.39 is 0 Å². The molecule has 0 unspecified atom stereocenters. The number of nitrogens with one attached hydrogen (secondary N) is 1. The van der Waals surface area contributed by atoms with Crippen LogP contribution in [0.15, 0.2) is 36.5 Å². The van der Waals surface area contributed by atoms with Gasteiger partial charge in [0.1, 0.15) is 5.69 Å². The highest BCUT2D eigenvalue weighted by Gasteiger charge is 2.09. The van der Waals surface area contributed by atoms with Gasteiger partial charge in [-0.25, -0.2) is 0 Å². The molecule has 1 amide bonds. The summed E-state index contributed by atoms with van der Waals surface area (Å²) in [4.78, 5) is 15.9. The van der Waals surface area contributed by atoms with Crippen LogP contribution < -0.4 is 11.1 Å². The molecule has 0 atom stereocenters. The Hall–Kier alpha value is -2.07. The first-order valence-corrected chi connectivity index (χ1v) is 5.73. The molecule has 1 aromatic heterocycles. The Bertz CT molecular complexity index is 599. The lowest BCUT2D eigenvalue weighted by atomic mass is 10.2. The summed E-state index contributed by atoms with van der Waals surface area (Å²) in [6.07, 6.45) is 1.50. The fourth-order valence-corrected chi connectivity index (χ4v) is 1.75. The lowest BCUT2D eigenvalue weighted by Gasteiger charge is -2.08. The first-order valence-electron chi connectivity index (χ1n) is 5.35. The summed E-state index contributed by atoms with van der Waals surface area (Å²) in [5.41, 5.74) is 7.98. The second-order valence-corrected chi connectivity index (χ2v) is 4.32. The maximum absolute atomic E-state index is 11.9. The Kier molecular flexibility index (Phi) is 3.48. The van der Waals surface area contributed by atoms with Crippen molar-refractivity contribution in [3.63, 3.8) is 0 Å². The number of halogens is 1. The standard InChI is InChI=1S/C13H12ClN3O/c1-8-6-9(14)2-3-11(8)17-13(18)12-7-10(15)4-5-16-12/h2-7H,1H3,(H2,15,16)(H,17,18). The smallest absolute Gasteiger partial charge is 0.274 e. The van der Waals surface area contributed by atoms with E-state index in [9.17, 15) is 4.79 Å². The van der Waals surface area contributed by atoms with Crippen LogP contribution >= 0.6 is 11.6 Å². The molecule has 18 heavy (non-hydrogen) atoms. The third kappa shape index (κ3) is 2.78.